The zero-order valence-electron chi connectivity index (χ0n) is 8.71. The van der Waals surface area contributed by atoms with E-state index in [4.69, 9.17) is 4.74 Å². The molecule has 0 spiro atoms. The van der Waals surface area contributed by atoms with E-state index >= 15 is 0 Å². The predicted molar refractivity (Wildman–Crippen MR) is 52.4 cm³/mol. The topological polar surface area (TPSA) is 29.5 Å². The SMILES string of the molecule is CC(C)OCC(O)c1cc(F)ccc1F. The van der Waals surface area contributed by atoms with Crippen LogP contribution in [0.15, 0.2) is 18.2 Å². The highest BCUT2D eigenvalue weighted by molar-refractivity contribution is 5.21. The molecule has 84 valence electrons. The maximum atomic E-state index is 13.2. The third kappa shape index (κ3) is 3.57. The van der Waals surface area contributed by atoms with Crippen molar-refractivity contribution in [3.63, 3.8) is 0 Å². The minimum atomic E-state index is -1.14. The maximum absolute atomic E-state index is 13.2. The van der Waals surface area contributed by atoms with Crippen molar-refractivity contribution in [2.75, 3.05) is 6.61 Å². The molecule has 4 heteroatoms. The molecule has 1 unspecified atom stereocenters. The summed E-state index contributed by atoms with van der Waals surface area (Å²) in [6, 6.07) is 2.97. The van der Waals surface area contributed by atoms with Crippen LogP contribution >= 0.6 is 0 Å². The molecule has 0 aliphatic carbocycles. The van der Waals surface area contributed by atoms with Crippen molar-refractivity contribution in [2.45, 2.75) is 26.1 Å². The zero-order chi connectivity index (χ0) is 11.4. The molecule has 15 heavy (non-hydrogen) atoms. The van der Waals surface area contributed by atoms with Crippen molar-refractivity contribution >= 4 is 0 Å². The molecule has 0 bridgehead atoms. The second-order valence-electron chi connectivity index (χ2n) is 3.56. The second-order valence-corrected chi connectivity index (χ2v) is 3.56. The standard InChI is InChI=1S/C11H14F2O2/c1-7(2)15-6-11(14)9-5-8(12)3-4-10(9)13/h3-5,7,11,14H,6H2,1-2H3. The van der Waals surface area contributed by atoms with E-state index in [1.165, 1.54) is 0 Å². The number of benzene rings is 1. The van der Waals surface area contributed by atoms with Gasteiger partial charge in [-0.15, -0.1) is 0 Å². The Morgan fingerprint density at radius 2 is 2.00 bits per heavy atom. The molecule has 0 aliphatic rings. The van der Waals surface area contributed by atoms with Gasteiger partial charge in [0.05, 0.1) is 12.7 Å². The van der Waals surface area contributed by atoms with Gasteiger partial charge in [0.2, 0.25) is 0 Å². The van der Waals surface area contributed by atoms with E-state index in [0.717, 1.165) is 18.2 Å². The van der Waals surface area contributed by atoms with Crippen molar-refractivity contribution in [1.82, 2.24) is 0 Å². The smallest absolute Gasteiger partial charge is 0.129 e. The Labute approximate surface area is 87.5 Å². The van der Waals surface area contributed by atoms with Crippen molar-refractivity contribution < 1.29 is 18.6 Å². The summed E-state index contributed by atoms with van der Waals surface area (Å²) < 4.78 is 31.1. The average molecular weight is 216 g/mol. The summed E-state index contributed by atoms with van der Waals surface area (Å²) >= 11 is 0. The quantitative estimate of drug-likeness (QED) is 0.837. The lowest BCUT2D eigenvalue weighted by Crippen LogP contribution is -2.13. The first-order chi connectivity index (χ1) is 7.00. The molecule has 2 nitrogen and oxygen atoms in total. The molecule has 1 aromatic rings. The summed E-state index contributed by atoms with van der Waals surface area (Å²) in [5.41, 5.74) is -0.0735. The van der Waals surface area contributed by atoms with Gasteiger partial charge < -0.3 is 9.84 Å². The number of ether oxygens (including phenoxy) is 1. The van der Waals surface area contributed by atoms with Crippen LogP contribution in [0.3, 0.4) is 0 Å². The first-order valence-electron chi connectivity index (χ1n) is 4.75. The van der Waals surface area contributed by atoms with Crippen LogP contribution in [0.1, 0.15) is 25.5 Å². The molecule has 1 rings (SSSR count). The number of hydrogen-bond acceptors (Lipinski definition) is 2. The van der Waals surface area contributed by atoms with E-state index in [1.807, 2.05) is 0 Å². The Kier molecular flexibility index (Phi) is 4.17. The van der Waals surface area contributed by atoms with Gasteiger partial charge in [0.1, 0.15) is 17.7 Å². The summed E-state index contributed by atoms with van der Waals surface area (Å²) in [6.45, 7) is 3.56. The minimum Gasteiger partial charge on any atom is -0.386 e. The number of aliphatic hydroxyl groups excluding tert-OH is 1. The third-order valence-electron chi connectivity index (χ3n) is 1.90. The van der Waals surface area contributed by atoms with Gasteiger partial charge in [0.25, 0.3) is 0 Å². The summed E-state index contributed by atoms with van der Waals surface area (Å²) in [6.07, 6.45) is -1.20. The monoisotopic (exact) mass is 216 g/mol. The van der Waals surface area contributed by atoms with Gasteiger partial charge in [0.15, 0.2) is 0 Å². The first-order valence-corrected chi connectivity index (χ1v) is 4.75. The minimum absolute atomic E-state index is 0.0436. The van der Waals surface area contributed by atoms with Gasteiger partial charge >= 0.3 is 0 Å². The fourth-order valence-electron chi connectivity index (χ4n) is 1.14. The summed E-state index contributed by atoms with van der Waals surface area (Å²) in [5, 5.41) is 9.54. The molecule has 1 aromatic carbocycles. The van der Waals surface area contributed by atoms with Crippen LogP contribution in [0.4, 0.5) is 8.78 Å². The molecule has 0 saturated heterocycles. The molecular formula is C11H14F2O2. The molecule has 1 N–H and O–H groups in total. The van der Waals surface area contributed by atoms with Gasteiger partial charge in [-0.3, -0.25) is 0 Å². The van der Waals surface area contributed by atoms with E-state index in [2.05, 4.69) is 0 Å². The predicted octanol–water partition coefficient (Wildman–Crippen LogP) is 2.42. The normalized spacial score (nSPS) is 13.2. The van der Waals surface area contributed by atoms with Crippen LogP contribution in [0.5, 0.6) is 0 Å². The number of aliphatic hydroxyl groups is 1. The highest BCUT2D eigenvalue weighted by atomic mass is 19.1. The van der Waals surface area contributed by atoms with Gasteiger partial charge in [-0.25, -0.2) is 8.78 Å². The van der Waals surface area contributed by atoms with Gasteiger partial charge in [-0.05, 0) is 32.0 Å². The van der Waals surface area contributed by atoms with Crippen LogP contribution in [-0.4, -0.2) is 17.8 Å². The van der Waals surface area contributed by atoms with Crippen molar-refractivity contribution in [3.05, 3.63) is 35.4 Å². The van der Waals surface area contributed by atoms with Gasteiger partial charge in [0, 0.05) is 5.56 Å². The molecule has 0 saturated carbocycles. The van der Waals surface area contributed by atoms with E-state index < -0.39 is 17.7 Å². The second kappa shape index (κ2) is 5.19. The average Bonchev–Trinajstić information content (AvgIpc) is 2.18. The molecule has 0 amide bonds. The van der Waals surface area contributed by atoms with Gasteiger partial charge in [-0.2, -0.15) is 0 Å². The Morgan fingerprint density at radius 1 is 1.33 bits per heavy atom. The molecular weight excluding hydrogens is 202 g/mol. The van der Waals surface area contributed by atoms with E-state index in [0.29, 0.717) is 0 Å². The lowest BCUT2D eigenvalue weighted by Gasteiger charge is -2.14. The summed E-state index contributed by atoms with van der Waals surface area (Å²) in [7, 11) is 0. The summed E-state index contributed by atoms with van der Waals surface area (Å²) in [5.74, 6) is -1.20. The fraction of sp³-hybridized carbons (Fsp3) is 0.455. The van der Waals surface area contributed by atoms with Crippen molar-refractivity contribution in [1.29, 1.82) is 0 Å². The van der Waals surface area contributed by atoms with E-state index in [9.17, 15) is 13.9 Å². The molecule has 0 radical (unpaired) electrons. The highest BCUT2D eigenvalue weighted by Gasteiger charge is 2.14. The third-order valence-corrected chi connectivity index (χ3v) is 1.90. The van der Waals surface area contributed by atoms with Crippen LogP contribution in [-0.2, 0) is 4.74 Å². The Morgan fingerprint density at radius 3 is 2.60 bits per heavy atom. The van der Waals surface area contributed by atoms with Crippen LogP contribution in [0, 0.1) is 11.6 Å². The molecule has 0 aromatic heterocycles. The maximum Gasteiger partial charge on any atom is 0.129 e. The van der Waals surface area contributed by atoms with Crippen LogP contribution < -0.4 is 0 Å². The van der Waals surface area contributed by atoms with E-state index in [-0.39, 0.29) is 18.3 Å². The molecule has 0 aliphatic heterocycles. The Hall–Kier alpha value is -1.00. The lowest BCUT2D eigenvalue weighted by molar-refractivity contribution is 0.00348. The lowest BCUT2D eigenvalue weighted by atomic mass is 10.1. The molecule has 0 heterocycles. The van der Waals surface area contributed by atoms with Crippen molar-refractivity contribution in [3.8, 4) is 0 Å². The molecule has 0 fully saturated rings. The van der Waals surface area contributed by atoms with Gasteiger partial charge in [-0.1, -0.05) is 0 Å². The summed E-state index contributed by atoms with van der Waals surface area (Å²) in [4.78, 5) is 0. The first kappa shape index (κ1) is 12.1. The number of rotatable bonds is 4. The van der Waals surface area contributed by atoms with Crippen LogP contribution in [0.2, 0.25) is 0 Å². The van der Waals surface area contributed by atoms with E-state index in [1.54, 1.807) is 13.8 Å². The van der Waals surface area contributed by atoms with Crippen LogP contribution in [0.25, 0.3) is 0 Å². The zero-order valence-corrected chi connectivity index (χ0v) is 8.71. The Bertz CT molecular complexity index is 326. The number of hydrogen-bond donors (Lipinski definition) is 1. The molecule has 1 atom stereocenters. The largest absolute Gasteiger partial charge is 0.386 e. The number of halogens is 2. The fourth-order valence-corrected chi connectivity index (χ4v) is 1.14. The Balaban J connectivity index is 2.72. The van der Waals surface area contributed by atoms with Crippen molar-refractivity contribution in [2.24, 2.45) is 0 Å². The highest BCUT2D eigenvalue weighted by Crippen LogP contribution is 2.18.